The van der Waals surface area contributed by atoms with Crippen LogP contribution < -0.4 is 5.32 Å². The van der Waals surface area contributed by atoms with Gasteiger partial charge in [0.1, 0.15) is 5.82 Å². The van der Waals surface area contributed by atoms with Crippen molar-refractivity contribution in [1.82, 2.24) is 10.2 Å². The van der Waals surface area contributed by atoms with Gasteiger partial charge in [0, 0.05) is 23.9 Å². The van der Waals surface area contributed by atoms with Crippen LogP contribution in [0.5, 0.6) is 0 Å². The number of rotatable bonds is 3. The highest BCUT2D eigenvalue weighted by molar-refractivity contribution is 5.63. The van der Waals surface area contributed by atoms with Crippen molar-refractivity contribution in [2.75, 3.05) is 5.32 Å². The topological polar surface area (TPSA) is 83.8 Å². The Balaban J connectivity index is 2.32. The summed E-state index contributed by atoms with van der Waals surface area (Å²) in [7, 11) is 0. The third-order valence-electron chi connectivity index (χ3n) is 2.20. The van der Waals surface area contributed by atoms with Crippen molar-refractivity contribution in [2.24, 2.45) is 0 Å². The largest absolute Gasteiger partial charge is 0.340 e. The standard InChI is InChI=1S/C10H10N4O2/c1-7-2-3-8(14(15)16)6-9(7)12-10-4-5-11-13-10/h2-6H,1H3,(H2,11,12,13). The number of H-pyrrole nitrogens is 1. The van der Waals surface area contributed by atoms with E-state index in [2.05, 4.69) is 15.5 Å². The zero-order valence-corrected chi connectivity index (χ0v) is 8.60. The van der Waals surface area contributed by atoms with Crippen LogP contribution in [0.15, 0.2) is 30.5 Å². The second kappa shape index (κ2) is 4.01. The molecule has 6 heteroatoms. The smallest absolute Gasteiger partial charge is 0.271 e. The van der Waals surface area contributed by atoms with Gasteiger partial charge in [0.15, 0.2) is 0 Å². The van der Waals surface area contributed by atoms with E-state index < -0.39 is 4.92 Å². The van der Waals surface area contributed by atoms with Crippen LogP contribution in [0.4, 0.5) is 17.2 Å². The second-order valence-electron chi connectivity index (χ2n) is 3.35. The van der Waals surface area contributed by atoms with Gasteiger partial charge in [-0.05, 0) is 12.5 Å². The first-order valence-corrected chi connectivity index (χ1v) is 4.68. The third kappa shape index (κ3) is 2.00. The Morgan fingerprint density at radius 3 is 2.88 bits per heavy atom. The highest BCUT2D eigenvalue weighted by Crippen LogP contribution is 2.24. The molecule has 0 atom stereocenters. The molecule has 0 aliphatic heterocycles. The molecule has 1 aromatic carbocycles. The number of anilines is 2. The Morgan fingerprint density at radius 1 is 1.44 bits per heavy atom. The first-order valence-electron chi connectivity index (χ1n) is 4.68. The second-order valence-corrected chi connectivity index (χ2v) is 3.35. The third-order valence-corrected chi connectivity index (χ3v) is 2.20. The van der Waals surface area contributed by atoms with Crippen LogP contribution in [0, 0.1) is 17.0 Å². The average Bonchev–Trinajstić information content (AvgIpc) is 2.73. The van der Waals surface area contributed by atoms with E-state index in [1.807, 2.05) is 6.92 Å². The molecule has 2 aromatic rings. The molecule has 0 aliphatic carbocycles. The number of nitrogens with one attached hydrogen (secondary N) is 2. The molecule has 0 bridgehead atoms. The summed E-state index contributed by atoms with van der Waals surface area (Å²) in [4.78, 5) is 10.2. The average molecular weight is 218 g/mol. The van der Waals surface area contributed by atoms with Crippen LogP contribution in [0.2, 0.25) is 0 Å². The van der Waals surface area contributed by atoms with E-state index in [1.54, 1.807) is 18.3 Å². The zero-order valence-electron chi connectivity index (χ0n) is 8.60. The summed E-state index contributed by atoms with van der Waals surface area (Å²) in [6.45, 7) is 1.88. The van der Waals surface area contributed by atoms with E-state index in [-0.39, 0.29) is 5.69 Å². The Hall–Kier alpha value is -2.37. The van der Waals surface area contributed by atoms with Crippen molar-refractivity contribution in [2.45, 2.75) is 6.92 Å². The lowest BCUT2D eigenvalue weighted by molar-refractivity contribution is -0.384. The Morgan fingerprint density at radius 2 is 2.25 bits per heavy atom. The molecule has 6 nitrogen and oxygen atoms in total. The number of non-ortho nitro benzene ring substituents is 1. The summed E-state index contributed by atoms with van der Waals surface area (Å²) in [5.41, 5.74) is 1.69. The number of hydrogen-bond donors (Lipinski definition) is 2. The normalized spacial score (nSPS) is 10.1. The molecule has 0 unspecified atom stereocenters. The number of hydrogen-bond acceptors (Lipinski definition) is 4. The molecular formula is C10H10N4O2. The van der Waals surface area contributed by atoms with Gasteiger partial charge in [0.2, 0.25) is 0 Å². The number of aryl methyl sites for hydroxylation is 1. The summed E-state index contributed by atoms with van der Waals surface area (Å²) in [5.74, 6) is 0.698. The summed E-state index contributed by atoms with van der Waals surface area (Å²) < 4.78 is 0. The van der Waals surface area contributed by atoms with E-state index in [0.29, 0.717) is 11.5 Å². The minimum absolute atomic E-state index is 0.0626. The number of benzene rings is 1. The monoisotopic (exact) mass is 218 g/mol. The van der Waals surface area contributed by atoms with E-state index in [9.17, 15) is 10.1 Å². The molecule has 0 saturated carbocycles. The molecule has 2 N–H and O–H groups in total. The molecule has 16 heavy (non-hydrogen) atoms. The van der Waals surface area contributed by atoms with Gasteiger partial charge in [-0.3, -0.25) is 15.2 Å². The molecule has 0 amide bonds. The van der Waals surface area contributed by atoms with Crippen molar-refractivity contribution < 1.29 is 4.92 Å². The molecule has 0 radical (unpaired) electrons. The minimum atomic E-state index is -0.419. The predicted molar refractivity (Wildman–Crippen MR) is 59.7 cm³/mol. The Kier molecular flexibility index (Phi) is 2.55. The Bertz CT molecular complexity index is 508. The van der Waals surface area contributed by atoms with E-state index in [4.69, 9.17) is 0 Å². The first kappa shape index (κ1) is 10.2. The molecule has 0 spiro atoms. The van der Waals surface area contributed by atoms with Gasteiger partial charge in [-0.1, -0.05) is 6.07 Å². The maximum atomic E-state index is 10.6. The molecule has 2 rings (SSSR count). The van der Waals surface area contributed by atoms with E-state index in [1.165, 1.54) is 12.1 Å². The molecular weight excluding hydrogens is 208 g/mol. The van der Waals surface area contributed by atoms with Crippen molar-refractivity contribution in [3.63, 3.8) is 0 Å². The zero-order chi connectivity index (χ0) is 11.5. The maximum absolute atomic E-state index is 10.6. The number of nitrogens with zero attached hydrogens (tertiary/aromatic N) is 2. The van der Waals surface area contributed by atoms with Crippen molar-refractivity contribution in [3.05, 3.63) is 46.1 Å². The highest BCUT2D eigenvalue weighted by Gasteiger charge is 2.08. The van der Waals surface area contributed by atoms with E-state index in [0.717, 1.165) is 5.56 Å². The van der Waals surface area contributed by atoms with Gasteiger partial charge in [-0.25, -0.2) is 0 Å². The van der Waals surface area contributed by atoms with Crippen molar-refractivity contribution in [1.29, 1.82) is 0 Å². The fourth-order valence-electron chi connectivity index (χ4n) is 1.33. The SMILES string of the molecule is Cc1ccc([N+](=O)[O-])cc1Nc1ccn[nH]1. The van der Waals surface area contributed by atoms with Gasteiger partial charge >= 0.3 is 0 Å². The van der Waals surface area contributed by atoms with Crippen LogP contribution >= 0.6 is 0 Å². The quantitative estimate of drug-likeness (QED) is 0.611. The summed E-state index contributed by atoms with van der Waals surface area (Å²) in [6.07, 6.45) is 1.61. The molecule has 82 valence electrons. The van der Waals surface area contributed by atoms with E-state index >= 15 is 0 Å². The predicted octanol–water partition coefficient (Wildman–Crippen LogP) is 2.37. The molecule has 0 fully saturated rings. The van der Waals surface area contributed by atoms with Gasteiger partial charge in [-0.15, -0.1) is 0 Å². The molecule has 0 aliphatic rings. The highest BCUT2D eigenvalue weighted by atomic mass is 16.6. The van der Waals surface area contributed by atoms with Crippen LogP contribution in [0.1, 0.15) is 5.56 Å². The molecule has 1 aromatic heterocycles. The van der Waals surface area contributed by atoms with Crippen LogP contribution in [0.3, 0.4) is 0 Å². The lowest BCUT2D eigenvalue weighted by Gasteiger charge is -2.06. The van der Waals surface area contributed by atoms with Gasteiger partial charge in [-0.2, -0.15) is 5.10 Å². The first-order chi connectivity index (χ1) is 7.66. The van der Waals surface area contributed by atoms with Crippen LogP contribution in [-0.2, 0) is 0 Å². The summed E-state index contributed by atoms with van der Waals surface area (Å²) in [5, 5.41) is 20.2. The van der Waals surface area contributed by atoms with Gasteiger partial charge in [0.05, 0.1) is 11.1 Å². The fourth-order valence-corrected chi connectivity index (χ4v) is 1.33. The number of aromatic amines is 1. The summed E-state index contributed by atoms with van der Waals surface area (Å²) >= 11 is 0. The maximum Gasteiger partial charge on any atom is 0.271 e. The van der Waals surface area contributed by atoms with Crippen LogP contribution in [-0.4, -0.2) is 15.1 Å². The molecule has 0 saturated heterocycles. The van der Waals surface area contributed by atoms with Gasteiger partial charge in [0.25, 0.3) is 5.69 Å². The van der Waals surface area contributed by atoms with Gasteiger partial charge < -0.3 is 5.32 Å². The summed E-state index contributed by atoms with van der Waals surface area (Å²) in [6, 6.07) is 6.43. The van der Waals surface area contributed by atoms with Crippen LogP contribution in [0.25, 0.3) is 0 Å². The lowest BCUT2D eigenvalue weighted by atomic mass is 10.2. The lowest BCUT2D eigenvalue weighted by Crippen LogP contribution is -1.95. The fraction of sp³-hybridized carbons (Fsp3) is 0.100. The minimum Gasteiger partial charge on any atom is -0.340 e. The molecule has 1 heterocycles. The van der Waals surface area contributed by atoms with Crippen molar-refractivity contribution >= 4 is 17.2 Å². The number of aromatic nitrogens is 2. The van der Waals surface area contributed by atoms with Crippen molar-refractivity contribution in [3.8, 4) is 0 Å². The Labute approximate surface area is 91.5 Å². The number of nitro groups is 1. The number of nitro benzene ring substituents is 1.